The maximum absolute atomic E-state index is 10.5. The lowest BCUT2D eigenvalue weighted by Crippen LogP contribution is -2.45. The fourth-order valence-corrected chi connectivity index (χ4v) is 4.60. The van der Waals surface area contributed by atoms with E-state index in [4.69, 9.17) is 0 Å². The van der Waals surface area contributed by atoms with Gasteiger partial charge in [-0.05, 0) is 55.7 Å². The third-order valence-electron chi connectivity index (χ3n) is 5.65. The number of hydrogen-bond acceptors (Lipinski definition) is 3. The molecular weight excluding hydrogens is 418 g/mol. The Hall–Kier alpha value is -2.47. The number of benzene rings is 3. The lowest BCUT2D eigenvalue weighted by molar-refractivity contribution is 0.364. The van der Waals surface area contributed by atoms with Gasteiger partial charge in [-0.15, -0.1) is 0 Å². The Morgan fingerprint density at radius 3 is 1.44 bits per heavy atom. The van der Waals surface area contributed by atoms with Crippen molar-refractivity contribution < 1.29 is 13.0 Å². The molecule has 5 heteroatoms. The summed E-state index contributed by atoms with van der Waals surface area (Å²) in [5.41, 5.74) is 3.33. The van der Waals surface area contributed by atoms with Gasteiger partial charge in [0.05, 0.1) is 18.0 Å². The van der Waals surface area contributed by atoms with E-state index in [-0.39, 0.29) is 4.90 Å². The number of para-hydroxylation sites is 2. The normalized spacial score (nSPS) is 11.5. The highest BCUT2D eigenvalue weighted by atomic mass is 32.2. The van der Waals surface area contributed by atoms with Crippen molar-refractivity contribution in [1.82, 2.24) is 4.48 Å². The molecule has 0 atom stereocenters. The van der Waals surface area contributed by atoms with E-state index in [0.717, 1.165) is 4.48 Å². The predicted octanol–water partition coefficient (Wildman–Crippen LogP) is 6.82. The van der Waals surface area contributed by atoms with E-state index in [2.05, 4.69) is 74.5 Å². The lowest BCUT2D eigenvalue weighted by atomic mass is 10.1. The van der Waals surface area contributed by atoms with Gasteiger partial charge in [0.1, 0.15) is 21.5 Å². The van der Waals surface area contributed by atoms with Gasteiger partial charge >= 0.3 is 0 Å². The van der Waals surface area contributed by atoms with Crippen molar-refractivity contribution in [3.05, 3.63) is 90.5 Å². The van der Waals surface area contributed by atoms with Crippen molar-refractivity contribution in [2.45, 2.75) is 51.3 Å². The minimum absolute atomic E-state index is 0.139. The number of hydrogen-bond donors (Lipinski definition) is 0. The molecule has 4 nitrogen and oxygen atoms in total. The topological polar surface area (TPSA) is 57.2 Å². The standard InChI is InChI=1S/C20H28N.C7H8O3S/c1-3-5-17-21(18-6-4-2,19-13-9-7-10-14-19)20-15-11-8-12-16-20;1-6-4-2-3-5-7(6)11(8,9)10/h7-16H,3-6,17-18H2,1-2H3;2-5H,1H3,(H,8,9,10)/q+1;/p-1. The van der Waals surface area contributed by atoms with Gasteiger partial charge in [-0.3, -0.25) is 4.48 Å². The van der Waals surface area contributed by atoms with Crippen LogP contribution in [-0.4, -0.2) is 26.1 Å². The molecule has 3 rings (SSSR count). The van der Waals surface area contributed by atoms with Crippen molar-refractivity contribution in [3.63, 3.8) is 0 Å². The summed E-state index contributed by atoms with van der Waals surface area (Å²) in [4.78, 5) is -0.139. The zero-order valence-electron chi connectivity index (χ0n) is 19.4. The number of rotatable bonds is 9. The Labute approximate surface area is 193 Å². The zero-order valence-corrected chi connectivity index (χ0v) is 20.2. The van der Waals surface area contributed by atoms with E-state index in [1.54, 1.807) is 19.1 Å². The molecule has 0 N–H and O–H groups in total. The van der Waals surface area contributed by atoms with Crippen LogP contribution < -0.4 is 4.48 Å². The van der Waals surface area contributed by atoms with Gasteiger partial charge < -0.3 is 4.55 Å². The Morgan fingerprint density at radius 1 is 0.688 bits per heavy atom. The Morgan fingerprint density at radius 2 is 1.09 bits per heavy atom. The summed E-state index contributed by atoms with van der Waals surface area (Å²) in [6.45, 7) is 8.52. The number of nitrogens with zero attached hydrogens (tertiary/aromatic N) is 1. The van der Waals surface area contributed by atoms with Crippen molar-refractivity contribution in [3.8, 4) is 0 Å². The molecular formula is C27H35NO3S. The molecule has 0 aliphatic heterocycles. The number of unbranched alkanes of at least 4 members (excludes halogenated alkanes) is 2. The third kappa shape index (κ3) is 7.02. The minimum atomic E-state index is -4.28. The molecule has 0 spiro atoms. The van der Waals surface area contributed by atoms with Crippen molar-refractivity contribution in [2.24, 2.45) is 0 Å². The Balaban J connectivity index is 0.000000278. The van der Waals surface area contributed by atoms with Crippen LogP contribution in [-0.2, 0) is 10.1 Å². The summed E-state index contributed by atoms with van der Waals surface area (Å²) < 4.78 is 32.5. The summed E-state index contributed by atoms with van der Waals surface area (Å²) in [7, 11) is -4.28. The first kappa shape index (κ1) is 25.8. The highest BCUT2D eigenvalue weighted by Crippen LogP contribution is 2.35. The quantitative estimate of drug-likeness (QED) is 0.264. The van der Waals surface area contributed by atoms with E-state index >= 15 is 0 Å². The molecule has 0 radical (unpaired) electrons. The first-order chi connectivity index (χ1) is 15.3. The van der Waals surface area contributed by atoms with Crippen LogP contribution in [0.25, 0.3) is 0 Å². The van der Waals surface area contributed by atoms with Gasteiger partial charge in [0.25, 0.3) is 0 Å². The fraction of sp³-hybridized carbons (Fsp3) is 0.333. The fourth-order valence-electron chi connectivity index (χ4n) is 3.90. The van der Waals surface area contributed by atoms with Crippen molar-refractivity contribution >= 4 is 21.5 Å². The lowest BCUT2D eigenvalue weighted by Gasteiger charge is -2.38. The predicted molar refractivity (Wildman–Crippen MR) is 133 cm³/mol. The SMILES string of the molecule is CCCC[N+](CCCC)(c1ccccc1)c1ccccc1.Cc1ccccc1S(=O)(=O)[O-]. The van der Waals surface area contributed by atoms with Crippen LogP contribution in [0.4, 0.5) is 11.4 Å². The Kier molecular flexibility index (Phi) is 10.1. The molecule has 3 aromatic carbocycles. The highest BCUT2D eigenvalue weighted by Gasteiger charge is 2.31. The first-order valence-electron chi connectivity index (χ1n) is 11.3. The van der Waals surface area contributed by atoms with Crippen LogP contribution >= 0.6 is 0 Å². The van der Waals surface area contributed by atoms with Crippen LogP contribution in [0.1, 0.15) is 45.1 Å². The molecule has 0 unspecified atom stereocenters. The van der Waals surface area contributed by atoms with E-state index in [1.165, 1.54) is 62.3 Å². The van der Waals surface area contributed by atoms with Crippen LogP contribution in [0.5, 0.6) is 0 Å². The average Bonchev–Trinajstić information content (AvgIpc) is 2.81. The number of quaternary nitrogens is 1. The molecule has 32 heavy (non-hydrogen) atoms. The summed E-state index contributed by atoms with van der Waals surface area (Å²) in [6.07, 6.45) is 5.00. The van der Waals surface area contributed by atoms with E-state index < -0.39 is 10.1 Å². The van der Waals surface area contributed by atoms with Gasteiger partial charge in [-0.25, -0.2) is 8.42 Å². The van der Waals surface area contributed by atoms with Crippen molar-refractivity contribution in [2.75, 3.05) is 13.1 Å². The molecule has 0 heterocycles. The molecule has 3 aromatic rings. The maximum Gasteiger partial charge on any atom is 0.137 e. The summed E-state index contributed by atoms with van der Waals surface area (Å²) in [5, 5.41) is 0. The molecule has 0 aromatic heterocycles. The van der Waals surface area contributed by atoms with Crippen molar-refractivity contribution in [1.29, 1.82) is 0 Å². The monoisotopic (exact) mass is 453 g/mol. The Bertz CT molecular complexity index is 985. The first-order valence-corrected chi connectivity index (χ1v) is 12.8. The van der Waals surface area contributed by atoms with Crippen LogP contribution in [0.3, 0.4) is 0 Å². The van der Waals surface area contributed by atoms with Gasteiger partial charge in [-0.2, -0.15) is 0 Å². The second kappa shape index (κ2) is 12.5. The zero-order chi connectivity index (χ0) is 23.5. The molecule has 0 amide bonds. The van der Waals surface area contributed by atoms with E-state index in [0.29, 0.717) is 5.56 Å². The highest BCUT2D eigenvalue weighted by molar-refractivity contribution is 7.85. The summed E-state index contributed by atoms with van der Waals surface area (Å²) >= 11 is 0. The van der Waals surface area contributed by atoms with Gasteiger partial charge in [0.15, 0.2) is 0 Å². The number of aryl methyl sites for hydroxylation is 1. The molecule has 0 aliphatic carbocycles. The van der Waals surface area contributed by atoms with Crippen LogP contribution in [0, 0.1) is 6.92 Å². The molecule has 172 valence electrons. The van der Waals surface area contributed by atoms with Crippen LogP contribution in [0.2, 0.25) is 0 Å². The van der Waals surface area contributed by atoms with Crippen LogP contribution in [0.15, 0.2) is 89.8 Å². The summed E-state index contributed by atoms with van der Waals surface area (Å²) in [5.74, 6) is 0. The van der Waals surface area contributed by atoms with E-state index in [9.17, 15) is 13.0 Å². The average molecular weight is 454 g/mol. The maximum atomic E-state index is 10.5. The molecule has 0 fully saturated rings. The second-order valence-corrected chi connectivity index (χ2v) is 9.36. The third-order valence-corrected chi connectivity index (χ3v) is 6.65. The summed E-state index contributed by atoms with van der Waals surface area (Å²) in [6, 6.07) is 28.2. The van der Waals surface area contributed by atoms with Gasteiger partial charge in [-0.1, -0.05) is 81.3 Å². The van der Waals surface area contributed by atoms with Gasteiger partial charge in [0, 0.05) is 0 Å². The van der Waals surface area contributed by atoms with E-state index in [1.807, 2.05) is 0 Å². The smallest absolute Gasteiger partial charge is 0.137 e. The molecule has 0 bridgehead atoms. The molecule has 0 saturated heterocycles. The molecule has 0 aliphatic rings. The minimum Gasteiger partial charge on any atom is -0.744 e. The second-order valence-electron chi connectivity index (χ2n) is 8.01. The largest absolute Gasteiger partial charge is 0.744 e. The molecule has 0 saturated carbocycles. The van der Waals surface area contributed by atoms with Gasteiger partial charge in [0.2, 0.25) is 0 Å².